The number of hydrogen-bond acceptors (Lipinski definition) is 5. The second kappa shape index (κ2) is 10.3. The molecule has 156 valence electrons. The topological polar surface area (TPSA) is 142 Å². The van der Waals surface area contributed by atoms with Gasteiger partial charge in [-0.2, -0.15) is 0 Å². The summed E-state index contributed by atoms with van der Waals surface area (Å²) in [6.07, 6.45) is 1.51. The molecule has 1 unspecified atom stereocenters. The summed E-state index contributed by atoms with van der Waals surface area (Å²) in [7, 11) is 0. The molecule has 0 aliphatic rings. The number of carbonyl (C=O) groups excluding carboxylic acids is 2. The molecule has 0 fully saturated rings. The Kier molecular flexibility index (Phi) is 7.79. The number of nitrogens with one attached hydrogen (secondary N) is 3. The Morgan fingerprint density at radius 1 is 1.17 bits per heavy atom. The second-order valence-electron chi connectivity index (χ2n) is 6.65. The summed E-state index contributed by atoms with van der Waals surface area (Å²) in [6.45, 7) is 4.65. The highest BCUT2D eigenvalue weighted by Crippen LogP contribution is 2.19. The molecule has 0 radical (unpaired) electrons. The number of rotatable bonds is 9. The van der Waals surface area contributed by atoms with Crippen LogP contribution in [-0.2, 0) is 16.9 Å². The van der Waals surface area contributed by atoms with Crippen LogP contribution in [-0.4, -0.2) is 42.5 Å². The fourth-order valence-corrected chi connectivity index (χ4v) is 2.47. The number of nitrogens with two attached hydrogens (primary N) is 1. The van der Waals surface area contributed by atoms with E-state index in [4.69, 9.17) is 10.2 Å². The van der Waals surface area contributed by atoms with Crippen LogP contribution >= 0.6 is 0 Å². The Bertz CT molecular complexity index is 829. The lowest BCUT2D eigenvalue weighted by Crippen LogP contribution is -2.44. The molecular weight excluding hydrogens is 374 g/mol. The van der Waals surface area contributed by atoms with Crippen molar-refractivity contribution in [1.29, 1.82) is 0 Å². The van der Waals surface area contributed by atoms with Gasteiger partial charge >= 0.3 is 0 Å². The summed E-state index contributed by atoms with van der Waals surface area (Å²) >= 11 is 0. The molecule has 0 aliphatic heterocycles. The van der Waals surface area contributed by atoms with E-state index >= 15 is 0 Å². The summed E-state index contributed by atoms with van der Waals surface area (Å²) < 4.78 is 5.27. The molecule has 9 nitrogen and oxygen atoms in total. The maximum Gasteiger partial charge on any atom is 0.251 e. The van der Waals surface area contributed by atoms with Gasteiger partial charge in [0.25, 0.3) is 5.91 Å². The van der Waals surface area contributed by atoms with E-state index in [0.29, 0.717) is 30.4 Å². The number of carbonyl (C=O) groups is 2. The van der Waals surface area contributed by atoms with Crippen LogP contribution in [0, 0.1) is 0 Å². The highest BCUT2D eigenvalue weighted by molar-refractivity contribution is 5.96. The molecule has 0 saturated heterocycles. The lowest BCUT2D eigenvalue weighted by molar-refractivity contribution is -0.117. The van der Waals surface area contributed by atoms with Gasteiger partial charge in [0, 0.05) is 12.1 Å². The normalized spacial score (nSPS) is 13.4. The van der Waals surface area contributed by atoms with Crippen molar-refractivity contribution in [1.82, 2.24) is 16.0 Å². The molecule has 9 heteroatoms. The molecule has 2 amide bonds. The van der Waals surface area contributed by atoms with Crippen LogP contribution in [0.2, 0.25) is 0 Å². The van der Waals surface area contributed by atoms with Crippen molar-refractivity contribution < 1.29 is 19.1 Å². The van der Waals surface area contributed by atoms with E-state index in [1.807, 2.05) is 6.92 Å². The Morgan fingerprint density at radius 2 is 1.90 bits per heavy atom. The molecule has 0 aliphatic carbocycles. The number of aliphatic imine (C=N–C) groups is 1. The molecular formula is C20H27N5O4. The summed E-state index contributed by atoms with van der Waals surface area (Å²) in [5.74, 6) is 0.0430. The molecule has 0 spiro atoms. The number of nitrogens with zero attached hydrogens (tertiary/aromatic N) is 1. The minimum atomic E-state index is -1.18. The Morgan fingerprint density at radius 3 is 2.48 bits per heavy atom. The third kappa shape index (κ3) is 6.96. The fourth-order valence-electron chi connectivity index (χ4n) is 2.47. The molecule has 1 atom stereocenters. The lowest BCUT2D eigenvalue weighted by Gasteiger charge is -2.22. The summed E-state index contributed by atoms with van der Waals surface area (Å²) in [5, 5.41) is 19.2. The molecule has 0 saturated carbocycles. The molecule has 29 heavy (non-hydrogen) atoms. The van der Waals surface area contributed by atoms with Gasteiger partial charge in [0.15, 0.2) is 5.96 Å². The van der Waals surface area contributed by atoms with Gasteiger partial charge in [-0.05, 0) is 43.7 Å². The van der Waals surface area contributed by atoms with Gasteiger partial charge in [0.2, 0.25) is 5.91 Å². The first-order valence-corrected chi connectivity index (χ1v) is 9.26. The van der Waals surface area contributed by atoms with E-state index in [1.54, 1.807) is 43.3 Å². The smallest absolute Gasteiger partial charge is 0.251 e. The van der Waals surface area contributed by atoms with Crippen LogP contribution in [0.15, 0.2) is 52.1 Å². The molecule has 1 aromatic heterocycles. The zero-order valence-electron chi connectivity index (χ0n) is 16.6. The van der Waals surface area contributed by atoms with Gasteiger partial charge < -0.3 is 31.2 Å². The maximum absolute atomic E-state index is 11.9. The Balaban J connectivity index is 1.95. The van der Waals surface area contributed by atoms with Crippen LogP contribution < -0.4 is 21.7 Å². The van der Waals surface area contributed by atoms with Gasteiger partial charge in [-0.1, -0.05) is 12.1 Å². The Labute approximate surface area is 169 Å². The highest BCUT2D eigenvalue weighted by Gasteiger charge is 2.26. The first kappa shape index (κ1) is 22.0. The van der Waals surface area contributed by atoms with E-state index in [-0.39, 0.29) is 19.0 Å². The summed E-state index contributed by atoms with van der Waals surface area (Å²) in [5.41, 5.74) is 5.16. The molecule has 1 aromatic carbocycles. The van der Waals surface area contributed by atoms with Crippen molar-refractivity contribution in [2.75, 3.05) is 19.6 Å². The number of aliphatic hydroxyl groups is 1. The maximum atomic E-state index is 11.9. The van der Waals surface area contributed by atoms with Crippen LogP contribution in [0.4, 0.5) is 0 Å². The fraction of sp³-hybridized carbons (Fsp3) is 0.350. The van der Waals surface area contributed by atoms with Crippen molar-refractivity contribution >= 4 is 17.8 Å². The van der Waals surface area contributed by atoms with E-state index < -0.39 is 11.5 Å². The van der Waals surface area contributed by atoms with Gasteiger partial charge in [0.05, 0.1) is 25.9 Å². The van der Waals surface area contributed by atoms with E-state index in [1.165, 1.54) is 6.26 Å². The third-order valence-corrected chi connectivity index (χ3v) is 4.06. The van der Waals surface area contributed by atoms with Crippen molar-refractivity contribution in [3.8, 4) is 0 Å². The number of benzene rings is 1. The molecule has 6 N–H and O–H groups in total. The number of amides is 2. The summed E-state index contributed by atoms with van der Waals surface area (Å²) in [4.78, 5) is 27.1. The van der Waals surface area contributed by atoms with Crippen molar-refractivity contribution in [3.05, 3.63) is 59.5 Å². The highest BCUT2D eigenvalue weighted by atomic mass is 16.4. The Hall–Kier alpha value is -3.33. The molecule has 2 aromatic rings. The largest absolute Gasteiger partial charge is 0.466 e. The van der Waals surface area contributed by atoms with Gasteiger partial charge in [-0.3, -0.25) is 9.59 Å². The first-order valence-electron chi connectivity index (χ1n) is 9.26. The molecule has 1 heterocycles. The number of primary amides is 1. The van der Waals surface area contributed by atoms with Crippen molar-refractivity contribution in [3.63, 3.8) is 0 Å². The van der Waals surface area contributed by atoms with E-state index in [9.17, 15) is 14.7 Å². The second-order valence-corrected chi connectivity index (χ2v) is 6.65. The average Bonchev–Trinajstić information content (AvgIpc) is 3.24. The zero-order valence-corrected chi connectivity index (χ0v) is 16.6. The zero-order chi connectivity index (χ0) is 21.3. The van der Waals surface area contributed by atoms with Crippen LogP contribution in [0.3, 0.4) is 0 Å². The number of furan rings is 1. The van der Waals surface area contributed by atoms with Gasteiger partial charge in [0.1, 0.15) is 11.4 Å². The lowest BCUT2D eigenvalue weighted by atomic mass is 10.0. The summed E-state index contributed by atoms with van der Waals surface area (Å²) in [6, 6.07) is 10.3. The SMILES string of the molecule is CCNC(=NCc1ccc(C(=O)NCC(N)=O)cc1)NCC(C)(O)c1ccco1. The quantitative estimate of drug-likeness (QED) is 0.305. The van der Waals surface area contributed by atoms with Gasteiger partial charge in [-0.25, -0.2) is 4.99 Å². The van der Waals surface area contributed by atoms with Crippen LogP contribution in [0.25, 0.3) is 0 Å². The van der Waals surface area contributed by atoms with Crippen molar-refractivity contribution in [2.24, 2.45) is 10.7 Å². The predicted molar refractivity (Wildman–Crippen MR) is 109 cm³/mol. The first-order chi connectivity index (χ1) is 13.8. The molecule has 2 rings (SSSR count). The van der Waals surface area contributed by atoms with Gasteiger partial charge in [-0.15, -0.1) is 0 Å². The van der Waals surface area contributed by atoms with E-state index in [0.717, 1.165) is 5.56 Å². The number of guanidine groups is 1. The van der Waals surface area contributed by atoms with Crippen molar-refractivity contribution in [2.45, 2.75) is 26.0 Å². The molecule has 0 bridgehead atoms. The van der Waals surface area contributed by atoms with Crippen LogP contribution in [0.5, 0.6) is 0 Å². The third-order valence-electron chi connectivity index (χ3n) is 4.06. The minimum Gasteiger partial charge on any atom is -0.466 e. The predicted octanol–water partition coefficient (Wildman–Crippen LogP) is 0.458. The number of hydrogen-bond donors (Lipinski definition) is 5. The average molecular weight is 401 g/mol. The minimum absolute atomic E-state index is 0.204. The van der Waals surface area contributed by atoms with E-state index in [2.05, 4.69) is 20.9 Å². The standard InChI is InChI=1S/C20H27N5O4/c1-3-22-19(25-13-20(2,28)16-5-4-10-29-16)24-11-14-6-8-15(9-7-14)18(27)23-12-17(21)26/h4-10,28H,3,11-13H2,1-2H3,(H2,21,26)(H,23,27)(H2,22,24,25). The monoisotopic (exact) mass is 401 g/mol. The van der Waals surface area contributed by atoms with Crippen LogP contribution in [0.1, 0.15) is 35.5 Å².